The largest absolute Gasteiger partial charge is 0.378 e. The van der Waals surface area contributed by atoms with Gasteiger partial charge in [-0.05, 0) is 58.4 Å². The highest BCUT2D eigenvalue weighted by atomic mass is 19.3. The Morgan fingerprint density at radius 2 is 1.95 bits per heavy atom. The van der Waals surface area contributed by atoms with Gasteiger partial charge in [0.25, 0.3) is 6.43 Å². The molecule has 12 heteroatoms. The van der Waals surface area contributed by atoms with Crippen molar-refractivity contribution in [2.45, 2.75) is 64.6 Å². The molecule has 0 saturated carbocycles. The maximum absolute atomic E-state index is 14.3. The van der Waals surface area contributed by atoms with Crippen molar-refractivity contribution in [1.82, 2.24) is 29.6 Å². The maximum Gasteiger partial charge on any atom is 0.295 e. The molecule has 0 aromatic carbocycles. The van der Waals surface area contributed by atoms with E-state index in [0.29, 0.717) is 69.0 Å². The Hall–Kier alpha value is -3.12. The number of alkyl halides is 2. The number of amides is 1. The molecule has 5 rings (SSSR count). The molecule has 10 nitrogen and oxygen atoms in total. The molecule has 1 amide bonds. The monoisotopic (exact) mass is 586 g/mol. The number of hydrogen-bond donors (Lipinski definition) is 1. The number of aliphatic imine (C=N–C) groups is 2. The molecule has 1 aromatic heterocycles. The number of piperidine rings is 1. The molecule has 3 atom stereocenters. The SMILES string of the molecule is C=Cc1c(/C=C\C)nc(C(F)F)n1C1CC(=N[C@H](C)C2CCN(C(=O)CN3CCCCC3)C2)NC(N2CCOCC2)=N1. The van der Waals surface area contributed by atoms with Crippen LogP contribution in [0.1, 0.15) is 75.8 Å². The maximum atomic E-state index is 14.3. The van der Waals surface area contributed by atoms with Gasteiger partial charge in [-0.3, -0.25) is 19.3 Å². The second-order valence-corrected chi connectivity index (χ2v) is 11.5. The minimum absolute atomic E-state index is 0.0557. The third-order valence-corrected chi connectivity index (χ3v) is 8.66. The molecule has 230 valence electrons. The smallest absolute Gasteiger partial charge is 0.295 e. The second-order valence-electron chi connectivity index (χ2n) is 11.5. The summed E-state index contributed by atoms with van der Waals surface area (Å²) < 4.78 is 35.6. The van der Waals surface area contributed by atoms with Crippen molar-refractivity contribution in [1.29, 1.82) is 0 Å². The van der Waals surface area contributed by atoms with Crippen LogP contribution in [0.25, 0.3) is 12.2 Å². The third kappa shape index (κ3) is 6.91. The lowest BCUT2D eigenvalue weighted by atomic mass is 10.0. The number of nitrogens with one attached hydrogen (secondary N) is 1. The fourth-order valence-corrected chi connectivity index (χ4v) is 6.34. The number of likely N-dealkylation sites (tertiary alicyclic amines) is 2. The number of carbonyl (C=O) groups is 1. The predicted octanol–water partition coefficient (Wildman–Crippen LogP) is 3.80. The molecule has 2 unspecified atom stereocenters. The number of allylic oxidation sites excluding steroid dienone is 1. The topological polar surface area (TPSA) is 90.6 Å². The van der Waals surface area contributed by atoms with Gasteiger partial charge in [0.05, 0.1) is 37.2 Å². The van der Waals surface area contributed by atoms with Gasteiger partial charge in [-0.25, -0.2) is 18.8 Å². The molecule has 3 saturated heterocycles. The predicted molar refractivity (Wildman–Crippen MR) is 160 cm³/mol. The van der Waals surface area contributed by atoms with Crippen molar-refractivity contribution in [2.75, 3.05) is 59.0 Å². The van der Waals surface area contributed by atoms with Crippen molar-refractivity contribution >= 4 is 29.9 Å². The number of amidine groups is 1. The van der Waals surface area contributed by atoms with Crippen molar-refractivity contribution in [3.63, 3.8) is 0 Å². The third-order valence-electron chi connectivity index (χ3n) is 8.66. The highest BCUT2D eigenvalue weighted by molar-refractivity contribution is 6.01. The summed E-state index contributed by atoms with van der Waals surface area (Å²) in [5, 5.41) is 3.41. The van der Waals surface area contributed by atoms with E-state index in [1.807, 2.05) is 11.8 Å². The number of guanidine groups is 1. The first kappa shape index (κ1) is 30.3. The summed E-state index contributed by atoms with van der Waals surface area (Å²) >= 11 is 0. The van der Waals surface area contributed by atoms with Gasteiger partial charge in [-0.1, -0.05) is 19.1 Å². The van der Waals surface area contributed by atoms with E-state index in [9.17, 15) is 13.6 Å². The Kier molecular flexibility index (Phi) is 10.0. The van der Waals surface area contributed by atoms with Crippen LogP contribution in [0.2, 0.25) is 0 Å². The van der Waals surface area contributed by atoms with E-state index < -0.39 is 12.6 Å². The Morgan fingerprint density at radius 3 is 2.64 bits per heavy atom. The molecule has 0 radical (unpaired) electrons. The lowest BCUT2D eigenvalue weighted by Crippen LogP contribution is -2.52. The van der Waals surface area contributed by atoms with Gasteiger partial charge in [0.2, 0.25) is 11.9 Å². The number of ether oxygens (including phenoxy) is 1. The van der Waals surface area contributed by atoms with E-state index in [2.05, 4.69) is 33.6 Å². The zero-order chi connectivity index (χ0) is 29.6. The molecule has 0 spiro atoms. The van der Waals surface area contributed by atoms with Crippen LogP contribution in [0.4, 0.5) is 8.78 Å². The number of halogens is 2. The van der Waals surface area contributed by atoms with Crippen LogP contribution in [0.5, 0.6) is 0 Å². The van der Waals surface area contributed by atoms with E-state index >= 15 is 0 Å². The zero-order valence-corrected chi connectivity index (χ0v) is 24.9. The number of imidazole rings is 1. The number of carbonyl (C=O) groups excluding carboxylic acids is 1. The van der Waals surface area contributed by atoms with Crippen molar-refractivity contribution in [2.24, 2.45) is 15.9 Å². The Morgan fingerprint density at radius 1 is 1.19 bits per heavy atom. The van der Waals surface area contributed by atoms with Gasteiger partial charge in [-0.2, -0.15) is 0 Å². The minimum Gasteiger partial charge on any atom is -0.378 e. The fraction of sp³-hybridized carbons (Fsp3) is 0.667. The number of nitrogens with zero attached hydrogens (tertiary/aromatic N) is 7. The van der Waals surface area contributed by atoms with Gasteiger partial charge in [0, 0.05) is 38.5 Å². The van der Waals surface area contributed by atoms with Gasteiger partial charge >= 0.3 is 0 Å². The summed E-state index contributed by atoms with van der Waals surface area (Å²) in [4.78, 5) is 33.6. The molecule has 1 N–H and O–H groups in total. The number of rotatable bonds is 8. The van der Waals surface area contributed by atoms with E-state index in [4.69, 9.17) is 14.7 Å². The molecule has 5 heterocycles. The van der Waals surface area contributed by atoms with Crippen molar-refractivity contribution < 1.29 is 18.3 Å². The van der Waals surface area contributed by atoms with E-state index in [1.165, 1.54) is 11.0 Å². The Labute approximate surface area is 247 Å². The van der Waals surface area contributed by atoms with Crippen LogP contribution < -0.4 is 5.32 Å². The molecular weight excluding hydrogens is 542 g/mol. The Balaban J connectivity index is 1.36. The van der Waals surface area contributed by atoms with Crippen LogP contribution in [-0.2, 0) is 9.53 Å². The summed E-state index contributed by atoms with van der Waals surface area (Å²) in [5.74, 6) is 1.38. The van der Waals surface area contributed by atoms with Crippen molar-refractivity contribution in [3.8, 4) is 0 Å². The molecule has 1 aromatic rings. The standard InChI is InChI=1S/C30H44F2N8O2/c1-4-9-23-24(5-2)40(29(34-23)28(31)32)26-18-25(35-30(36-26)38-14-16-42-17-15-38)33-21(3)22-10-13-39(19-22)27(41)20-37-11-7-6-8-12-37/h4-5,9,21-22,26,28H,2,6-8,10-20H2,1,3H3,(H,33,35,36)/b9-4-/t21-,22?,26?/m1/s1. The fourth-order valence-electron chi connectivity index (χ4n) is 6.34. The lowest BCUT2D eigenvalue weighted by molar-refractivity contribution is -0.131. The van der Waals surface area contributed by atoms with Crippen LogP contribution in [0.15, 0.2) is 22.6 Å². The van der Waals surface area contributed by atoms with E-state index in [0.717, 1.165) is 38.9 Å². The van der Waals surface area contributed by atoms with Crippen molar-refractivity contribution in [3.05, 3.63) is 29.9 Å². The highest BCUT2D eigenvalue weighted by Crippen LogP contribution is 2.32. The normalized spacial score (nSPS) is 25.7. The van der Waals surface area contributed by atoms with E-state index in [1.54, 1.807) is 18.2 Å². The lowest BCUT2D eigenvalue weighted by Gasteiger charge is -2.35. The summed E-state index contributed by atoms with van der Waals surface area (Å²) in [5.41, 5.74) is 0.947. The average Bonchev–Trinajstić information content (AvgIpc) is 3.64. The molecule has 3 fully saturated rings. The molecule has 0 bridgehead atoms. The number of aromatic nitrogens is 2. The van der Waals surface area contributed by atoms with Crippen LogP contribution in [0, 0.1) is 5.92 Å². The summed E-state index contributed by atoms with van der Waals surface area (Å²) in [6.07, 6.45) is 6.39. The minimum atomic E-state index is -2.77. The first-order chi connectivity index (χ1) is 20.4. The highest BCUT2D eigenvalue weighted by Gasteiger charge is 2.34. The second kappa shape index (κ2) is 13.9. The zero-order valence-electron chi connectivity index (χ0n) is 24.9. The molecule has 42 heavy (non-hydrogen) atoms. The molecule has 4 aliphatic heterocycles. The molecular formula is C30H44F2N8O2. The van der Waals surface area contributed by atoms with E-state index in [-0.39, 0.29) is 23.7 Å². The van der Waals surface area contributed by atoms with Gasteiger partial charge in [-0.15, -0.1) is 0 Å². The summed E-state index contributed by atoms with van der Waals surface area (Å²) in [6, 6.07) is -0.0557. The van der Waals surface area contributed by atoms with Crippen LogP contribution >= 0.6 is 0 Å². The first-order valence-corrected chi connectivity index (χ1v) is 15.3. The van der Waals surface area contributed by atoms with Crippen LogP contribution in [0.3, 0.4) is 0 Å². The average molecular weight is 587 g/mol. The van der Waals surface area contributed by atoms with Gasteiger partial charge in [0.15, 0.2) is 5.82 Å². The summed E-state index contributed by atoms with van der Waals surface area (Å²) in [7, 11) is 0. The van der Waals surface area contributed by atoms with Crippen LogP contribution in [-0.4, -0.2) is 107 Å². The molecule has 4 aliphatic rings. The Bertz CT molecular complexity index is 1200. The quantitative estimate of drug-likeness (QED) is 0.499. The first-order valence-electron chi connectivity index (χ1n) is 15.3. The van der Waals surface area contributed by atoms with Gasteiger partial charge < -0.3 is 19.9 Å². The van der Waals surface area contributed by atoms with Gasteiger partial charge in [0.1, 0.15) is 12.0 Å². The molecule has 0 aliphatic carbocycles. The number of morpholine rings is 1. The summed E-state index contributed by atoms with van der Waals surface area (Å²) in [6.45, 7) is 14.1. The number of hydrogen-bond acceptors (Lipinski definition) is 7.